The molecule has 2 saturated heterocycles. The van der Waals surface area contributed by atoms with Crippen molar-refractivity contribution in [3.8, 4) is 6.07 Å². The molecule has 0 bridgehead atoms. The number of carbonyl (C=O) groups is 1. The van der Waals surface area contributed by atoms with Crippen molar-refractivity contribution >= 4 is 5.91 Å². The van der Waals surface area contributed by atoms with Crippen LogP contribution in [0.25, 0.3) is 0 Å². The van der Waals surface area contributed by atoms with Crippen molar-refractivity contribution in [2.45, 2.75) is 38.3 Å². The van der Waals surface area contributed by atoms with Crippen molar-refractivity contribution in [3.63, 3.8) is 0 Å². The van der Waals surface area contributed by atoms with Gasteiger partial charge in [-0.15, -0.1) is 0 Å². The Morgan fingerprint density at radius 1 is 1.33 bits per heavy atom. The number of rotatable bonds is 3. The maximum absolute atomic E-state index is 12.6. The first-order valence-electron chi connectivity index (χ1n) is 8.76. The number of ether oxygens (including phenoxy) is 1. The number of hydrogen-bond donors (Lipinski definition) is 0. The van der Waals surface area contributed by atoms with E-state index in [4.69, 9.17) is 10.00 Å². The monoisotopic (exact) mass is 327 g/mol. The third kappa shape index (κ3) is 3.45. The maximum atomic E-state index is 12.6. The van der Waals surface area contributed by atoms with Gasteiger partial charge in [0.2, 0.25) is 5.91 Å². The molecule has 1 aromatic carbocycles. The van der Waals surface area contributed by atoms with Gasteiger partial charge < -0.3 is 9.64 Å². The summed E-state index contributed by atoms with van der Waals surface area (Å²) in [5.41, 5.74) is 1.72. The van der Waals surface area contributed by atoms with Crippen LogP contribution in [0.2, 0.25) is 0 Å². The Bertz CT molecular complexity index is 632. The molecule has 2 aliphatic rings. The number of nitrogens with zero attached hydrogens (tertiary/aromatic N) is 3. The molecule has 2 aliphatic heterocycles. The van der Waals surface area contributed by atoms with Crippen LogP contribution in [0.4, 0.5) is 0 Å². The fraction of sp³-hybridized carbons (Fsp3) is 0.579. The highest BCUT2D eigenvalue weighted by molar-refractivity contribution is 5.77. The number of hydrogen-bond acceptors (Lipinski definition) is 4. The van der Waals surface area contributed by atoms with Gasteiger partial charge >= 0.3 is 0 Å². The number of likely N-dealkylation sites (N-methyl/N-ethyl adjacent to an activating group) is 1. The van der Waals surface area contributed by atoms with Gasteiger partial charge in [-0.3, -0.25) is 9.69 Å². The summed E-state index contributed by atoms with van der Waals surface area (Å²) >= 11 is 0. The average Bonchev–Trinajstić information content (AvgIpc) is 2.72. The molecule has 0 N–H and O–H groups in total. The van der Waals surface area contributed by atoms with E-state index in [-0.39, 0.29) is 11.4 Å². The van der Waals surface area contributed by atoms with Crippen LogP contribution in [0.5, 0.6) is 0 Å². The van der Waals surface area contributed by atoms with Crippen LogP contribution in [0.15, 0.2) is 24.3 Å². The first-order valence-corrected chi connectivity index (χ1v) is 8.76. The van der Waals surface area contributed by atoms with E-state index in [1.54, 1.807) is 0 Å². The summed E-state index contributed by atoms with van der Waals surface area (Å²) in [7, 11) is 0. The van der Waals surface area contributed by atoms with Crippen LogP contribution in [0.1, 0.15) is 37.3 Å². The van der Waals surface area contributed by atoms with Crippen molar-refractivity contribution < 1.29 is 9.53 Å². The van der Waals surface area contributed by atoms with E-state index in [1.165, 1.54) is 0 Å². The molecule has 5 nitrogen and oxygen atoms in total. The van der Waals surface area contributed by atoms with E-state index in [2.05, 4.69) is 28.9 Å². The molecule has 0 aliphatic carbocycles. The van der Waals surface area contributed by atoms with Gasteiger partial charge in [0.25, 0.3) is 0 Å². The topological polar surface area (TPSA) is 56.6 Å². The van der Waals surface area contributed by atoms with Crippen molar-refractivity contribution in [2.75, 3.05) is 32.8 Å². The Hall–Kier alpha value is -1.90. The van der Waals surface area contributed by atoms with Gasteiger partial charge in [-0.05, 0) is 37.5 Å². The lowest BCUT2D eigenvalue weighted by molar-refractivity contribution is -0.140. The molecule has 0 radical (unpaired) electrons. The summed E-state index contributed by atoms with van der Waals surface area (Å²) in [5, 5.41) is 9.08. The molecule has 0 aromatic heterocycles. The Morgan fingerprint density at radius 2 is 2.12 bits per heavy atom. The van der Waals surface area contributed by atoms with Gasteiger partial charge in [-0.1, -0.05) is 12.1 Å². The lowest BCUT2D eigenvalue weighted by Gasteiger charge is -2.46. The van der Waals surface area contributed by atoms with Crippen molar-refractivity contribution in [2.24, 2.45) is 0 Å². The van der Waals surface area contributed by atoms with E-state index < -0.39 is 0 Å². The first kappa shape index (κ1) is 16.9. The molecular weight excluding hydrogens is 302 g/mol. The SMILES string of the molecule is CCN1C(=O)CCN(Cc2cccc(C#N)c2)CC12CCOCC2. The smallest absolute Gasteiger partial charge is 0.224 e. The Morgan fingerprint density at radius 3 is 2.83 bits per heavy atom. The fourth-order valence-corrected chi connectivity index (χ4v) is 4.06. The Balaban J connectivity index is 1.81. The summed E-state index contributed by atoms with van der Waals surface area (Å²) in [6.07, 6.45) is 2.37. The molecule has 5 heteroatoms. The molecule has 128 valence electrons. The minimum atomic E-state index is -0.104. The number of amides is 1. The first-order chi connectivity index (χ1) is 11.7. The second-order valence-electron chi connectivity index (χ2n) is 6.75. The van der Waals surface area contributed by atoms with Gasteiger partial charge in [0.15, 0.2) is 0 Å². The fourth-order valence-electron chi connectivity index (χ4n) is 4.06. The van der Waals surface area contributed by atoms with Crippen LogP contribution in [-0.4, -0.2) is 54.1 Å². The van der Waals surface area contributed by atoms with E-state index >= 15 is 0 Å². The summed E-state index contributed by atoms with van der Waals surface area (Å²) in [4.78, 5) is 17.1. The zero-order chi connectivity index (χ0) is 17.0. The standard InChI is InChI=1S/C19H25N3O2/c1-2-22-18(23)6-9-21(15-19(22)7-10-24-11-8-19)14-17-5-3-4-16(12-17)13-20/h3-5,12H,2,6-11,14-15H2,1H3. The average molecular weight is 327 g/mol. The second-order valence-corrected chi connectivity index (χ2v) is 6.75. The summed E-state index contributed by atoms with van der Waals surface area (Å²) in [6.45, 7) is 6.71. The van der Waals surface area contributed by atoms with Crippen LogP contribution in [0.3, 0.4) is 0 Å². The van der Waals surface area contributed by atoms with Crippen molar-refractivity contribution in [3.05, 3.63) is 35.4 Å². The molecule has 0 atom stereocenters. The Kier molecular flexibility index (Phi) is 5.17. The lowest BCUT2D eigenvalue weighted by atomic mass is 9.87. The van der Waals surface area contributed by atoms with Crippen LogP contribution in [-0.2, 0) is 16.1 Å². The predicted octanol–water partition coefficient (Wildman–Crippen LogP) is 2.16. The minimum Gasteiger partial charge on any atom is -0.381 e. The molecule has 2 fully saturated rings. The highest BCUT2D eigenvalue weighted by Crippen LogP contribution is 2.32. The number of carbonyl (C=O) groups excluding carboxylic acids is 1. The molecular formula is C19H25N3O2. The molecule has 3 rings (SSSR count). The summed E-state index contributed by atoms with van der Waals surface area (Å²) in [5.74, 6) is 0.257. The predicted molar refractivity (Wildman–Crippen MR) is 91.2 cm³/mol. The molecule has 1 amide bonds. The lowest BCUT2D eigenvalue weighted by Crippen LogP contribution is -2.58. The van der Waals surface area contributed by atoms with Crippen molar-refractivity contribution in [1.82, 2.24) is 9.80 Å². The van der Waals surface area contributed by atoms with Crippen LogP contribution < -0.4 is 0 Å². The minimum absolute atomic E-state index is 0.104. The van der Waals surface area contributed by atoms with Gasteiger partial charge in [0, 0.05) is 45.8 Å². The third-order valence-electron chi connectivity index (χ3n) is 5.24. The largest absolute Gasteiger partial charge is 0.381 e. The van der Waals surface area contributed by atoms with E-state index in [0.29, 0.717) is 12.0 Å². The van der Waals surface area contributed by atoms with E-state index in [0.717, 1.165) is 57.8 Å². The Labute approximate surface area is 143 Å². The third-order valence-corrected chi connectivity index (χ3v) is 5.24. The van der Waals surface area contributed by atoms with Crippen LogP contribution >= 0.6 is 0 Å². The second kappa shape index (κ2) is 7.33. The normalized spacial score (nSPS) is 21.5. The zero-order valence-corrected chi connectivity index (χ0v) is 14.3. The van der Waals surface area contributed by atoms with Gasteiger partial charge in [0.1, 0.15) is 0 Å². The van der Waals surface area contributed by atoms with E-state index in [9.17, 15) is 4.79 Å². The van der Waals surface area contributed by atoms with Gasteiger partial charge in [-0.25, -0.2) is 0 Å². The maximum Gasteiger partial charge on any atom is 0.224 e. The van der Waals surface area contributed by atoms with Crippen molar-refractivity contribution in [1.29, 1.82) is 5.26 Å². The van der Waals surface area contributed by atoms with Gasteiger partial charge in [0.05, 0.1) is 17.2 Å². The number of benzene rings is 1. The highest BCUT2D eigenvalue weighted by Gasteiger charge is 2.43. The summed E-state index contributed by atoms with van der Waals surface area (Å²) in [6, 6.07) is 9.96. The molecule has 24 heavy (non-hydrogen) atoms. The molecule has 1 aromatic rings. The van der Waals surface area contributed by atoms with Crippen LogP contribution in [0, 0.1) is 11.3 Å². The summed E-state index contributed by atoms with van der Waals surface area (Å²) < 4.78 is 5.56. The molecule has 2 heterocycles. The molecule has 1 spiro atoms. The quantitative estimate of drug-likeness (QED) is 0.854. The van der Waals surface area contributed by atoms with Gasteiger partial charge in [-0.2, -0.15) is 5.26 Å². The number of nitriles is 1. The van der Waals surface area contributed by atoms with E-state index in [1.807, 2.05) is 18.2 Å². The highest BCUT2D eigenvalue weighted by atomic mass is 16.5. The zero-order valence-electron chi connectivity index (χ0n) is 14.3. The molecule has 0 saturated carbocycles. The molecule has 0 unspecified atom stereocenters.